The highest BCUT2D eigenvalue weighted by atomic mass is 16.3. The molecule has 46 heavy (non-hydrogen) atoms. The first-order valence-electron chi connectivity index (χ1n) is 19.8. The number of hydrogen-bond donors (Lipinski definition) is 4. The standard InChI is InChI=1S/C41H77NO4/c1-3-5-7-9-11-13-15-17-18-19-20-21-22-24-26-28-30-32-34-36-40(45)42-38(37-43)41(46)39(44)35-33-31-29-27-25-23-16-14-12-10-8-6-4-2/h11,13,15,17,27,29,38-39,41,43-44,46H,3-10,12,14,16,18-26,28,30-37H2,1-2H3,(H,42,45)/b13-11-,17-15-,29-27+. The zero-order chi connectivity index (χ0) is 33.8. The van der Waals surface area contributed by atoms with Gasteiger partial charge in [0, 0.05) is 6.42 Å². The van der Waals surface area contributed by atoms with Crippen molar-refractivity contribution in [2.24, 2.45) is 0 Å². The van der Waals surface area contributed by atoms with Crippen LogP contribution in [0.25, 0.3) is 0 Å². The minimum absolute atomic E-state index is 0.160. The number of allylic oxidation sites excluding steroid dienone is 6. The van der Waals surface area contributed by atoms with Crippen LogP contribution in [0, 0.1) is 0 Å². The van der Waals surface area contributed by atoms with Crippen molar-refractivity contribution in [2.75, 3.05) is 6.61 Å². The van der Waals surface area contributed by atoms with Gasteiger partial charge in [-0.15, -0.1) is 0 Å². The molecule has 3 atom stereocenters. The van der Waals surface area contributed by atoms with Crippen molar-refractivity contribution in [1.82, 2.24) is 5.32 Å². The van der Waals surface area contributed by atoms with Crippen LogP contribution in [0.5, 0.6) is 0 Å². The molecule has 3 unspecified atom stereocenters. The van der Waals surface area contributed by atoms with Crippen molar-refractivity contribution in [3.63, 3.8) is 0 Å². The van der Waals surface area contributed by atoms with Crippen LogP contribution in [-0.4, -0.2) is 46.1 Å². The average molecular weight is 648 g/mol. The second kappa shape index (κ2) is 36.4. The summed E-state index contributed by atoms with van der Waals surface area (Å²) in [5, 5.41) is 33.4. The number of carbonyl (C=O) groups is 1. The molecule has 0 aliphatic heterocycles. The normalized spacial score (nSPS) is 14.1. The zero-order valence-corrected chi connectivity index (χ0v) is 30.5. The molecule has 5 heteroatoms. The molecule has 0 aromatic carbocycles. The Hall–Kier alpha value is -1.43. The lowest BCUT2D eigenvalue weighted by Gasteiger charge is -2.26. The van der Waals surface area contributed by atoms with Crippen molar-refractivity contribution >= 4 is 5.91 Å². The molecule has 1 amide bonds. The summed E-state index contributed by atoms with van der Waals surface area (Å²) in [5.41, 5.74) is 0. The lowest BCUT2D eigenvalue weighted by atomic mass is 10.0. The monoisotopic (exact) mass is 648 g/mol. The first-order valence-corrected chi connectivity index (χ1v) is 19.8. The summed E-state index contributed by atoms with van der Waals surface area (Å²) in [6.45, 7) is 4.12. The Morgan fingerprint density at radius 1 is 0.543 bits per heavy atom. The highest BCUT2D eigenvalue weighted by molar-refractivity contribution is 5.76. The Morgan fingerprint density at radius 2 is 0.935 bits per heavy atom. The summed E-state index contributed by atoms with van der Waals surface area (Å²) in [6.07, 6.45) is 43.8. The molecule has 0 rings (SSSR count). The highest BCUT2D eigenvalue weighted by Crippen LogP contribution is 2.14. The molecule has 0 aromatic rings. The van der Waals surface area contributed by atoms with Gasteiger partial charge in [-0.3, -0.25) is 4.79 Å². The molecule has 0 heterocycles. The Labute approximate surface area is 285 Å². The summed E-state index contributed by atoms with van der Waals surface area (Å²) < 4.78 is 0. The topological polar surface area (TPSA) is 89.8 Å². The van der Waals surface area contributed by atoms with E-state index in [2.05, 4.69) is 55.6 Å². The molecule has 0 radical (unpaired) electrons. The molecule has 0 aromatic heterocycles. The Kier molecular flexibility index (Phi) is 35.3. The third-order valence-corrected chi connectivity index (χ3v) is 8.99. The van der Waals surface area contributed by atoms with Crippen molar-refractivity contribution < 1.29 is 20.1 Å². The molecule has 0 aliphatic carbocycles. The minimum Gasteiger partial charge on any atom is -0.394 e. The van der Waals surface area contributed by atoms with E-state index in [1.54, 1.807) is 0 Å². The van der Waals surface area contributed by atoms with Gasteiger partial charge in [-0.2, -0.15) is 0 Å². The van der Waals surface area contributed by atoms with E-state index in [9.17, 15) is 20.1 Å². The summed E-state index contributed by atoms with van der Waals surface area (Å²) in [5.74, 6) is -0.160. The van der Waals surface area contributed by atoms with Crippen LogP contribution in [-0.2, 0) is 4.79 Å². The summed E-state index contributed by atoms with van der Waals surface area (Å²) in [6, 6.07) is -0.826. The van der Waals surface area contributed by atoms with E-state index < -0.39 is 18.2 Å². The van der Waals surface area contributed by atoms with Crippen LogP contribution in [0.15, 0.2) is 36.5 Å². The summed E-state index contributed by atoms with van der Waals surface area (Å²) in [7, 11) is 0. The van der Waals surface area contributed by atoms with Crippen LogP contribution in [0.3, 0.4) is 0 Å². The molecule has 0 bridgehead atoms. The van der Waals surface area contributed by atoms with E-state index in [1.165, 1.54) is 128 Å². The number of aliphatic hydroxyl groups is 3. The molecule has 270 valence electrons. The van der Waals surface area contributed by atoms with Gasteiger partial charge in [0.15, 0.2) is 0 Å². The van der Waals surface area contributed by atoms with E-state index in [4.69, 9.17) is 0 Å². The molecule has 0 saturated carbocycles. The van der Waals surface area contributed by atoms with Crippen LogP contribution in [0.1, 0.15) is 194 Å². The van der Waals surface area contributed by atoms with Crippen LogP contribution in [0.4, 0.5) is 0 Å². The van der Waals surface area contributed by atoms with Gasteiger partial charge in [-0.25, -0.2) is 0 Å². The number of carbonyl (C=O) groups excluding carboxylic acids is 1. The van der Waals surface area contributed by atoms with Gasteiger partial charge in [-0.05, 0) is 64.2 Å². The SMILES string of the molecule is CCCCC/C=C\C=C/CCCCCCCCCCCCC(=O)NC(CO)C(O)C(O)CCC/C=C/CCCCCCCCCC. The van der Waals surface area contributed by atoms with E-state index >= 15 is 0 Å². The zero-order valence-electron chi connectivity index (χ0n) is 30.5. The smallest absolute Gasteiger partial charge is 0.220 e. The maximum Gasteiger partial charge on any atom is 0.220 e. The second-order valence-corrected chi connectivity index (χ2v) is 13.5. The van der Waals surface area contributed by atoms with Crippen LogP contribution >= 0.6 is 0 Å². The van der Waals surface area contributed by atoms with Crippen molar-refractivity contribution in [2.45, 2.75) is 212 Å². The molecule has 5 nitrogen and oxygen atoms in total. The minimum atomic E-state index is -1.16. The number of unbranched alkanes of at least 4 members (excludes halogenated alkanes) is 22. The van der Waals surface area contributed by atoms with Gasteiger partial charge in [0.25, 0.3) is 0 Å². The first-order chi connectivity index (χ1) is 22.6. The molecule has 0 aliphatic rings. The molecule has 0 spiro atoms. The van der Waals surface area contributed by atoms with E-state index in [0.717, 1.165) is 38.5 Å². The molecule has 4 N–H and O–H groups in total. The molecular formula is C41H77NO4. The van der Waals surface area contributed by atoms with Crippen LogP contribution in [0.2, 0.25) is 0 Å². The first kappa shape index (κ1) is 44.6. The third kappa shape index (κ3) is 31.2. The predicted molar refractivity (Wildman–Crippen MR) is 199 cm³/mol. The number of hydrogen-bond acceptors (Lipinski definition) is 4. The quantitative estimate of drug-likeness (QED) is 0.0313. The summed E-state index contributed by atoms with van der Waals surface area (Å²) >= 11 is 0. The average Bonchev–Trinajstić information content (AvgIpc) is 3.06. The number of nitrogens with one attached hydrogen (secondary N) is 1. The third-order valence-electron chi connectivity index (χ3n) is 8.99. The fraction of sp³-hybridized carbons (Fsp3) is 0.829. The number of rotatable bonds is 35. The van der Waals surface area contributed by atoms with Gasteiger partial charge in [0.1, 0.15) is 6.10 Å². The van der Waals surface area contributed by atoms with E-state index in [1.807, 2.05) is 0 Å². The van der Waals surface area contributed by atoms with E-state index in [0.29, 0.717) is 12.8 Å². The van der Waals surface area contributed by atoms with Gasteiger partial charge < -0.3 is 20.6 Å². The Balaban J connectivity index is 3.70. The van der Waals surface area contributed by atoms with Crippen molar-refractivity contribution in [1.29, 1.82) is 0 Å². The molecule has 0 saturated heterocycles. The second-order valence-electron chi connectivity index (χ2n) is 13.5. The Bertz CT molecular complexity index is 719. The van der Waals surface area contributed by atoms with E-state index in [-0.39, 0.29) is 12.5 Å². The highest BCUT2D eigenvalue weighted by Gasteiger charge is 2.26. The molecule has 0 fully saturated rings. The number of aliphatic hydroxyl groups excluding tert-OH is 3. The molecular weight excluding hydrogens is 570 g/mol. The fourth-order valence-corrected chi connectivity index (χ4v) is 5.86. The lowest BCUT2D eigenvalue weighted by molar-refractivity contribution is -0.124. The van der Waals surface area contributed by atoms with Gasteiger partial charge in [0.05, 0.1) is 18.8 Å². The Morgan fingerprint density at radius 3 is 1.43 bits per heavy atom. The van der Waals surface area contributed by atoms with Gasteiger partial charge in [0.2, 0.25) is 5.91 Å². The lowest BCUT2D eigenvalue weighted by Crippen LogP contribution is -2.50. The number of amides is 1. The fourth-order valence-electron chi connectivity index (χ4n) is 5.86. The van der Waals surface area contributed by atoms with Crippen molar-refractivity contribution in [3.05, 3.63) is 36.5 Å². The van der Waals surface area contributed by atoms with Gasteiger partial charge in [-0.1, -0.05) is 159 Å². The largest absolute Gasteiger partial charge is 0.394 e. The van der Waals surface area contributed by atoms with Gasteiger partial charge >= 0.3 is 0 Å². The van der Waals surface area contributed by atoms with Crippen molar-refractivity contribution in [3.8, 4) is 0 Å². The summed E-state index contributed by atoms with van der Waals surface area (Å²) in [4.78, 5) is 12.4. The maximum atomic E-state index is 12.4. The predicted octanol–water partition coefficient (Wildman–Crippen LogP) is 10.8. The van der Waals surface area contributed by atoms with Crippen LogP contribution < -0.4 is 5.32 Å². The maximum absolute atomic E-state index is 12.4.